The number of carbonyl (C=O) groups is 1. The molecule has 0 spiro atoms. The molecule has 0 radical (unpaired) electrons. The van der Waals surface area contributed by atoms with Crippen molar-refractivity contribution in [3.63, 3.8) is 0 Å². The van der Waals surface area contributed by atoms with Crippen LogP contribution in [0.3, 0.4) is 0 Å². The number of nitriles is 1. The van der Waals surface area contributed by atoms with Gasteiger partial charge in [-0.25, -0.2) is 8.42 Å². The number of halogens is 1. The molecule has 1 aliphatic heterocycles. The van der Waals surface area contributed by atoms with Crippen LogP contribution < -0.4 is 5.32 Å². The summed E-state index contributed by atoms with van der Waals surface area (Å²) < 4.78 is 27.2. The lowest BCUT2D eigenvalue weighted by atomic mass is 9.93. The Labute approximate surface area is 188 Å². The Balaban J connectivity index is 1.63. The Morgan fingerprint density at radius 2 is 1.68 bits per heavy atom. The van der Waals surface area contributed by atoms with Crippen LogP contribution in [0.2, 0.25) is 5.02 Å². The predicted molar refractivity (Wildman–Crippen MR) is 120 cm³/mol. The molecule has 164 valence electrons. The summed E-state index contributed by atoms with van der Waals surface area (Å²) in [7, 11) is -3.64. The van der Waals surface area contributed by atoms with Crippen LogP contribution in [0.25, 0.3) is 0 Å². The molecule has 2 aromatic carbocycles. The molecule has 0 aliphatic carbocycles. The van der Waals surface area contributed by atoms with Crippen molar-refractivity contribution in [2.75, 3.05) is 13.1 Å². The number of piperidine rings is 1. The Morgan fingerprint density at radius 1 is 1.10 bits per heavy atom. The van der Waals surface area contributed by atoms with Crippen LogP contribution in [0.1, 0.15) is 43.9 Å². The molecule has 1 heterocycles. The minimum absolute atomic E-state index is 0.0518. The summed E-state index contributed by atoms with van der Waals surface area (Å²) >= 11 is 5.98. The quantitative estimate of drug-likeness (QED) is 0.703. The van der Waals surface area contributed by atoms with E-state index in [0.717, 1.165) is 5.56 Å². The Kier molecular flexibility index (Phi) is 7.37. The highest BCUT2D eigenvalue weighted by molar-refractivity contribution is 7.89. The second-order valence-corrected chi connectivity index (χ2v) is 10.5. The van der Waals surface area contributed by atoms with Crippen LogP contribution in [-0.4, -0.2) is 31.7 Å². The SMILES string of the molecule is CC(C)C(NC(=O)C1CCN(S(=O)(=O)c2ccc(C#N)cc2)CC1)c1ccc(Cl)cc1. The second-order valence-electron chi connectivity index (χ2n) is 8.10. The number of hydrogen-bond donors (Lipinski definition) is 1. The van der Waals surface area contributed by atoms with E-state index in [1.165, 1.54) is 28.6 Å². The third kappa shape index (κ3) is 5.45. The standard InChI is InChI=1S/C23H26ClN3O3S/c1-16(2)22(18-5-7-20(24)8-6-18)26-23(28)19-11-13-27(14-12-19)31(29,30)21-9-3-17(15-25)4-10-21/h3-10,16,19,22H,11-14H2,1-2H3,(H,26,28). The van der Waals surface area contributed by atoms with Gasteiger partial charge < -0.3 is 5.32 Å². The van der Waals surface area contributed by atoms with Gasteiger partial charge in [-0.3, -0.25) is 4.79 Å². The Morgan fingerprint density at radius 3 is 2.19 bits per heavy atom. The lowest BCUT2D eigenvalue weighted by Crippen LogP contribution is -2.44. The highest BCUT2D eigenvalue weighted by Crippen LogP contribution is 2.27. The number of carbonyl (C=O) groups excluding carboxylic acids is 1. The molecule has 0 bridgehead atoms. The van der Waals surface area contributed by atoms with Crippen LogP contribution in [-0.2, 0) is 14.8 Å². The van der Waals surface area contributed by atoms with Crippen LogP contribution in [0, 0.1) is 23.2 Å². The highest BCUT2D eigenvalue weighted by atomic mass is 35.5. The first kappa shape index (κ1) is 23.3. The van der Waals surface area contributed by atoms with Gasteiger partial charge in [-0.15, -0.1) is 0 Å². The van der Waals surface area contributed by atoms with E-state index in [2.05, 4.69) is 5.32 Å². The fraction of sp³-hybridized carbons (Fsp3) is 0.391. The number of rotatable bonds is 6. The predicted octanol–water partition coefficient (Wildman–Crippen LogP) is 4.13. The normalized spacial score (nSPS) is 16.6. The summed E-state index contributed by atoms with van der Waals surface area (Å²) in [6.07, 6.45) is 0.930. The minimum atomic E-state index is -3.64. The van der Waals surface area contributed by atoms with E-state index in [1.807, 2.05) is 44.2 Å². The van der Waals surface area contributed by atoms with Gasteiger partial charge in [-0.1, -0.05) is 37.6 Å². The molecule has 2 aromatic rings. The third-order valence-electron chi connectivity index (χ3n) is 5.64. The topological polar surface area (TPSA) is 90.3 Å². The molecule has 6 nitrogen and oxygen atoms in total. The molecule has 1 amide bonds. The number of benzene rings is 2. The van der Waals surface area contributed by atoms with Gasteiger partial charge in [0.05, 0.1) is 22.6 Å². The van der Waals surface area contributed by atoms with E-state index in [-0.39, 0.29) is 41.8 Å². The average molecular weight is 460 g/mol. The van der Waals surface area contributed by atoms with Crippen molar-refractivity contribution < 1.29 is 13.2 Å². The number of hydrogen-bond acceptors (Lipinski definition) is 4. The first-order valence-corrected chi connectivity index (χ1v) is 12.1. The Hall–Kier alpha value is -2.40. The average Bonchev–Trinajstić information content (AvgIpc) is 2.78. The zero-order valence-corrected chi connectivity index (χ0v) is 19.2. The molecule has 3 rings (SSSR count). The van der Waals surface area contributed by atoms with Gasteiger partial charge in [-0.2, -0.15) is 9.57 Å². The molecular weight excluding hydrogens is 434 g/mol. The molecule has 0 aromatic heterocycles. The molecule has 0 saturated carbocycles. The maximum Gasteiger partial charge on any atom is 0.243 e. The largest absolute Gasteiger partial charge is 0.349 e. The summed E-state index contributed by atoms with van der Waals surface area (Å²) in [5, 5.41) is 12.7. The molecule has 1 N–H and O–H groups in total. The van der Waals surface area contributed by atoms with Gasteiger partial charge in [-0.05, 0) is 60.7 Å². The number of nitrogens with zero attached hydrogens (tertiary/aromatic N) is 2. The van der Waals surface area contributed by atoms with Crippen molar-refractivity contribution in [2.24, 2.45) is 11.8 Å². The summed E-state index contributed by atoms with van der Waals surface area (Å²) in [6, 6.07) is 15.2. The van der Waals surface area contributed by atoms with Crippen molar-refractivity contribution in [1.82, 2.24) is 9.62 Å². The monoisotopic (exact) mass is 459 g/mol. The number of nitrogens with one attached hydrogen (secondary N) is 1. The van der Waals surface area contributed by atoms with Crippen LogP contribution >= 0.6 is 11.6 Å². The molecule has 1 saturated heterocycles. The first-order chi connectivity index (χ1) is 14.7. The molecule has 1 unspecified atom stereocenters. The zero-order chi connectivity index (χ0) is 22.6. The number of amides is 1. The van der Waals surface area contributed by atoms with Gasteiger partial charge >= 0.3 is 0 Å². The van der Waals surface area contributed by atoms with Crippen molar-refractivity contribution in [3.8, 4) is 6.07 Å². The third-order valence-corrected chi connectivity index (χ3v) is 7.80. The summed E-state index contributed by atoms with van der Waals surface area (Å²) in [4.78, 5) is 13.1. The number of sulfonamides is 1. The highest BCUT2D eigenvalue weighted by Gasteiger charge is 2.33. The smallest absolute Gasteiger partial charge is 0.243 e. The molecule has 1 aliphatic rings. The molecule has 1 fully saturated rings. The zero-order valence-electron chi connectivity index (χ0n) is 17.6. The fourth-order valence-electron chi connectivity index (χ4n) is 3.78. The van der Waals surface area contributed by atoms with E-state index in [0.29, 0.717) is 23.4 Å². The second kappa shape index (κ2) is 9.82. The fourth-order valence-corrected chi connectivity index (χ4v) is 5.38. The van der Waals surface area contributed by atoms with Crippen molar-refractivity contribution in [3.05, 3.63) is 64.7 Å². The molecule has 31 heavy (non-hydrogen) atoms. The molecular formula is C23H26ClN3O3S. The van der Waals surface area contributed by atoms with Gasteiger partial charge in [0.2, 0.25) is 15.9 Å². The van der Waals surface area contributed by atoms with E-state index in [9.17, 15) is 13.2 Å². The lowest BCUT2D eigenvalue weighted by Gasteiger charge is -2.32. The first-order valence-electron chi connectivity index (χ1n) is 10.3. The minimum Gasteiger partial charge on any atom is -0.349 e. The summed E-state index contributed by atoms with van der Waals surface area (Å²) in [5.74, 6) is -0.0907. The van der Waals surface area contributed by atoms with Crippen LogP contribution in [0.4, 0.5) is 0 Å². The summed E-state index contributed by atoms with van der Waals surface area (Å²) in [5.41, 5.74) is 1.41. The molecule has 1 atom stereocenters. The van der Waals surface area contributed by atoms with E-state index >= 15 is 0 Å². The van der Waals surface area contributed by atoms with E-state index in [4.69, 9.17) is 16.9 Å². The Bertz CT molecular complexity index is 1050. The van der Waals surface area contributed by atoms with Gasteiger partial charge in [0.15, 0.2) is 0 Å². The lowest BCUT2D eigenvalue weighted by molar-refractivity contribution is -0.127. The van der Waals surface area contributed by atoms with E-state index < -0.39 is 10.0 Å². The van der Waals surface area contributed by atoms with Crippen molar-refractivity contribution >= 4 is 27.5 Å². The van der Waals surface area contributed by atoms with Crippen LogP contribution in [0.15, 0.2) is 53.4 Å². The van der Waals surface area contributed by atoms with Gasteiger partial charge in [0.1, 0.15) is 0 Å². The maximum atomic E-state index is 12.9. The van der Waals surface area contributed by atoms with Crippen LogP contribution in [0.5, 0.6) is 0 Å². The van der Waals surface area contributed by atoms with E-state index in [1.54, 1.807) is 0 Å². The van der Waals surface area contributed by atoms with Gasteiger partial charge in [0, 0.05) is 24.0 Å². The van der Waals surface area contributed by atoms with Crippen molar-refractivity contribution in [2.45, 2.75) is 37.6 Å². The van der Waals surface area contributed by atoms with Gasteiger partial charge in [0.25, 0.3) is 0 Å². The van der Waals surface area contributed by atoms with Crippen molar-refractivity contribution in [1.29, 1.82) is 5.26 Å². The summed E-state index contributed by atoms with van der Waals surface area (Å²) in [6.45, 7) is 4.67. The molecule has 8 heteroatoms. The maximum absolute atomic E-state index is 12.9.